The predicted molar refractivity (Wildman–Crippen MR) is 63.8 cm³/mol. The van der Waals surface area contributed by atoms with Gasteiger partial charge in [-0.3, -0.25) is 0 Å². The molecule has 0 bridgehead atoms. The van der Waals surface area contributed by atoms with Crippen LogP contribution in [0, 0.1) is 21.6 Å². The van der Waals surface area contributed by atoms with E-state index in [1.54, 1.807) is 0 Å². The van der Waals surface area contributed by atoms with Gasteiger partial charge in [-0.25, -0.2) is 0 Å². The Morgan fingerprint density at radius 1 is 1.07 bits per heavy atom. The Kier molecular flexibility index (Phi) is 4.16. The average molecular weight is 188 g/mol. The summed E-state index contributed by atoms with van der Waals surface area (Å²) in [6.07, 6.45) is 1.30. The molecule has 0 unspecified atom stereocenters. The van der Waals surface area contributed by atoms with E-state index in [0.717, 1.165) is 6.42 Å². The molecule has 0 aromatic carbocycles. The molecule has 0 fully saturated rings. The third kappa shape index (κ3) is 4.64. The van der Waals surface area contributed by atoms with Crippen LogP contribution in [0.1, 0.15) is 40.5 Å². The number of hydrogen-bond acceptors (Lipinski definition) is 2. The Labute approximate surface area is 89.7 Å². The highest BCUT2D eigenvalue weighted by atomic mass is 14.5. The van der Waals surface area contributed by atoms with Gasteiger partial charge in [0.05, 0.1) is 0 Å². The van der Waals surface area contributed by atoms with Crippen molar-refractivity contribution < 1.29 is 0 Å². The lowest BCUT2D eigenvalue weighted by atomic mass is 9.65. The number of rotatable bonds is 5. The van der Waals surface area contributed by atoms with E-state index in [1.165, 1.54) is 0 Å². The molecule has 2 nitrogen and oxygen atoms in total. The predicted octanol–water partition coefficient (Wildman–Crippen LogP) is 2.11. The van der Waals surface area contributed by atoms with E-state index in [9.17, 15) is 0 Å². The van der Waals surface area contributed by atoms with E-state index in [1.807, 2.05) is 27.7 Å². The second kappa shape index (κ2) is 4.33. The van der Waals surface area contributed by atoms with E-state index < -0.39 is 0 Å². The van der Waals surface area contributed by atoms with Crippen molar-refractivity contribution in [3.05, 3.63) is 0 Å². The maximum atomic E-state index is 7.45. The SMILES string of the molecule is [B]C(=N)CC(C)(C)CC(C)(C)C([B])=N. The summed E-state index contributed by atoms with van der Waals surface area (Å²) in [7, 11) is 10.9. The fraction of sp³-hybridized carbons (Fsp3) is 0.800. The Balaban J connectivity index is 4.49. The molecule has 0 rings (SSSR count). The van der Waals surface area contributed by atoms with Crippen LogP contribution < -0.4 is 0 Å². The van der Waals surface area contributed by atoms with Crippen LogP contribution in [-0.4, -0.2) is 26.9 Å². The number of hydrogen-bond donors (Lipinski definition) is 2. The lowest BCUT2D eigenvalue weighted by molar-refractivity contribution is 0.263. The van der Waals surface area contributed by atoms with E-state index in [4.69, 9.17) is 26.5 Å². The van der Waals surface area contributed by atoms with E-state index in [-0.39, 0.29) is 22.1 Å². The molecule has 0 aromatic heterocycles. The smallest absolute Gasteiger partial charge is 0.135 e. The zero-order valence-corrected chi connectivity index (χ0v) is 9.57. The Hall–Kier alpha value is -0.530. The minimum Gasteiger partial charge on any atom is -0.321 e. The first-order valence-electron chi connectivity index (χ1n) is 4.74. The van der Waals surface area contributed by atoms with Crippen LogP contribution in [-0.2, 0) is 0 Å². The van der Waals surface area contributed by atoms with Gasteiger partial charge >= 0.3 is 0 Å². The van der Waals surface area contributed by atoms with Crippen LogP contribution in [0.15, 0.2) is 0 Å². The largest absolute Gasteiger partial charge is 0.321 e. The lowest BCUT2D eigenvalue weighted by Gasteiger charge is -2.35. The standard InChI is InChI=1S/C10H18B2N2/c1-9(2,5-7(11)13)6-10(3,4)8(12)14/h13-14H,5-6H2,1-4H3. The highest BCUT2D eigenvalue weighted by molar-refractivity contribution is 6.60. The van der Waals surface area contributed by atoms with Crippen LogP contribution in [0.2, 0.25) is 0 Å². The highest BCUT2D eigenvalue weighted by Crippen LogP contribution is 2.36. The second-order valence-corrected chi connectivity index (χ2v) is 5.34. The zero-order valence-electron chi connectivity index (χ0n) is 9.57. The van der Waals surface area contributed by atoms with Gasteiger partial charge < -0.3 is 10.8 Å². The van der Waals surface area contributed by atoms with Gasteiger partial charge in [-0.2, -0.15) is 0 Å². The molecule has 0 saturated carbocycles. The molecule has 74 valence electrons. The molecule has 0 aromatic rings. The molecule has 4 radical (unpaired) electrons. The topological polar surface area (TPSA) is 47.7 Å². The molecule has 0 saturated heterocycles. The Morgan fingerprint density at radius 3 is 1.79 bits per heavy atom. The van der Waals surface area contributed by atoms with Gasteiger partial charge in [-0.05, 0) is 34.9 Å². The minimum absolute atomic E-state index is 0.0823. The van der Waals surface area contributed by atoms with Crippen molar-refractivity contribution in [3.63, 3.8) is 0 Å². The summed E-state index contributed by atoms with van der Waals surface area (Å²) in [5, 5.41) is 14.7. The number of nitrogens with one attached hydrogen (secondary N) is 2. The maximum absolute atomic E-state index is 7.45. The summed E-state index contributed by atoms with van der Waals surface area (Å²) in [4.78, 5) is 0. The summed E-state index contributed by atoms with van der Waals surface area (Å²) in [6.45, 7) is 7.96. The van der Waals surface area contributed by atoms with Crippen molar-refractivity contribution in [1.29, 1.82) is 10.8 Å². The molecule has 0 aliphatic heterocycles. The van der Waals surface area contributed by atoms with Crippen molar-refractivity contribution in [1.82, 2.24) is 0 Å². The first-order valence-corrected chi connectivity index (χ1v) is 4.74. The van der Waals surface area contributed by atoms with E-state index in [2.05, 4.69) is 0 Å². The normalized spacial score (nSPS) is 12.6. The average Bonchev–Trinajstić information content (AvgIpc) is 1.79. The first kappa shape index (κ1) is 13.5. The van der Waals surface area contributed by atoms with Gasteiger partial charge in [0, 0.05) is 0 Å². The van der Waals surface area contributed by atoms with Crippen LogP contribution in [0.4, 0.5) is 0 Å². The molecular weight excluding hydrogens is 170 g/mol. The van der Waals surface area contributed by atoms with Gasteiger partial charge in [0.15, 0.2) is 0 Å². The Morgan fingerprint density at radius 2 is 1.50 bits per heavy atom. The Bertz CT molecular complexity index is 245. The molecule has 0 amide bonds. The van der Waals surface area contributed by atoms with Crippen molar-refractivity contribution >= 4 is 26.9 Å². The molecule has 0 aliphatic carbocycles. The fourth-order valence-corrected chi connectivity index (χ4v) is 1.87. The molecular formula is C10H18B2N2. The quantitative estimate of drug-likeness (QED) is 0.490. The van der Waals surface area contributed by atoms with Crippen LogP contribution in [0.3, 0.4) is 0 Å². The summed E-state index contributed by atoms with van der Waals surface area (Å²) >= 11 is 0. The molecule has 0 spiro atoms. The van der Waals surface area contributed by atoms with Crippen LogP contribution in [0.25, 0.3) is 0 Å². The molecule has 0 atom stereocenters. The molecule has 0 heterocycles. The van der Waals surface area contributed by atoms with Crippen molar-refractivity contribution in [2.45, 2.75) is 40.5 Å². The third-order valence-electron chi connectivity index (χ3n) is 2.32. The minimum atomic E-state index is -0.320. The first-order chi connectivity index (χ1) is 6.07. The van der Waals surface area contributed by atoms with Gasteiger partial charge in [0.1, 0.15) is 15.7 Å². The van der Waals surface area contributed by atoms with Crippen LogP contribution in [0.5, 0.6) is 0 Å². The van der Waals surface area contributed by atoms with E-state index >= 15 is 0 Å². The fourth-order valence-electron chi connectivity index (χ4n) is 1.87. The van der Waals surface area contributed by atoms with Gasteiger partial charge in [-0.1, -0.05) is 27.7 Å². The second-order valence-electron chi connectivity index (χ2n) is 5.34. The van der Waals surface area contributed by atoms with Gasteiger partial charge in [0.25, 0.3) is 0 Å². The zero-order chi connectivity index (χ0) is 11.6. The summed E-state index contributed by atoms with van der Waals surface area (Å²) in [5.41, 5.74) is -0.0246. The molecule has 14 heavy (non-hydrogen) atoms. The summed E-state index contributed by atoms with van der Waals surface area (Å²) in [6, 6.07) is 0. The van der Waals surface area contributed by atoms with Crippen molar-refractivity contribution in [2.24, 2.45) is 10.8 Å². The summed E-state index contributed by atoms with van der Waals surface area (Å²) < 4.78 is 0. The van der Waals surface area contributed by atoms with Crippen molar-refractivity contribution in [3.8, 4) is 0 Å². The van der Waals surface area contributed by atoms with Gasteiger partial charge in [-0.15, -0.1) is 0 Å². The monoisotopic (exact) mass is 188 g/mol. The summed E-state index contributed by atoms with van der Waals surface area (Å²) in [5.74, 6) is 0. The van der Waals surface area contributed by atoms with E-state index in [0.29, 0.717) is 6.42 Å². The van der Waals surface area contributed by atoms with Crippen LogP contribution >= 0.6 is 0 Å². The molecule has 4 heteroatoms. The lowest BCUT2D eigenvalue weighted by Crippen LogP contribution is -2.31. The molecule has 2 N–H and O–H groups in total. The maximum Gasteiger partial charge on any atom is 0.135 e. The highest BCUT2D eigenvalue weighted by Gasteiger charge is 2.29. The van der Waals surface area contributed by atoms with Crippen molar-refractivity contribution in [2.75, 3.05) is 0 Å². The third-order valence-corrected chi connectivity index (χ3v) is 2.32. The molecule has 0 aliphatic rings. The van der Waals surface area contributed by atoms with Gasteiger partial charge in [0.2, 0.25) is 0 Å².